The molecule has 106 valence electrons. The van der Waals surface area contributed by atoms with Gasteiger partial charge in [0.2, 0.25) is 15.9 Å². The normalized spacial score (nSPS) is 11.3. The van der Waals surface area contributed by atoms with E-state index in [1.807, 2.05) is 6.07 Å². The minimum absolute atomic E-state index is 0.0690. The first-order valence-electron chi connectivity index (χ1n) is 6.23. The Morgan fingerprint density at radius 1 is 1.16 bits per heavy atom. The molecule has 0 aliphatic heterocycles. The van der Waals surface area contributed by atoms with Gasteiger partial charge in [0.25, 0.3) is 0 Å². The summed E-state index contributed by atoms with van der Waals surface area (Å²) in [5.74, 6) is -0.0690. The molecule has 0 atom stereocenters. The van der Waals surface area contributed by atoms with E-state index in [9.17, 15) is 13.2 Å². The zero-order chi connectivity index (χ0) is 14.3. The summed E-state index contributed by atoms with van der Waals surface area (Å²) in [5, 5.41) is 2.67. The largest absolute Gasteiger partial charge is 0.356 e. The van der Waals surface area contributed by atoms with Gasteiger partial charge in [0.1, 0.15) is 0 Å². The predicted octanol–water partition coefficient (Wildman–Crippen LogP) is 1.19. The molecule has 19 heavy (non-hydrogen) atoms. The zero-order valence-electron chi connectivity index (χ0n) is 11.3. The van der Waals surface area contributed by atoms with Crippen LogP contribution >= 0.6 is 0 Å². The van der Waals surface area contributed by atoms with E-state index in [0.29, 0.717) is 24.4 Å². The van der Waals surface area contributed by atoms with E-state index in [4.69, 9.17) is 0 Å². The number of benzene rings is 1. The minimum Gasteiger partial charge on any atom is -0.356 e. The molecular weight excluding hydrogens is 264 g/mol. The highest BCUT2D eigenvalue weighted by atomic mass is 32.2. The van der Waals surface area contributed by atoms with Gasteiger partial charge in [0.05, 0.1) is 4.90 Å². The third kappa shape index (κ3) is 5.40. The van der Waals surface area contributed by atoms with Crippen LogP contribution in [-0.4, -0.2) is 27.4 Å². The monoisotopic (exact) mass is 284 g/mol. The number of nitrogens with one attached hydrogen (secondary N) is 2. The van der Waals surface area contributed by atoms with Crippen LogP contribution in [0.5, 0.6) is 0 Å². The third-order valence-corrected chi connectivity index (χ3v) is 4.27. The summed E-state index contributed by atoms with van der Waals surface area (Å²) in [6, 6.07) is 6.88. The van der Waals surface area contributed by atoms with Gasteiger partial charge < -0.3 is 5.32 Å². The molecule has 0 heterocycles. The van der Waals surface area contributed by atoms with Crippen molar-refractivity contribution >= 4 is 15.9 Å². The molecule has 0 saturated carbocycles. The van der Waals surface area contributed by atoms with Gasteiger partial charge in [-0.15, -0.1) is 0 Å². The second-order valence-corrected chi connectivity index (χ2v) is 6.09. The fourth-order valence-corrected chi connectivity index (χ4v) is 2.97. The van der Waals surface area contributed by atoms with Crippen LogP contribution in [0, 0.1) is 6.92 Å². The maximum absolute atomic E-state index is 12.0. The van der Waals surface area contributed by atoms with Crippen molar-refractivity contribution in [2.45, 2.75) is 31.6 Å². The van der Waals surface area contributed by atoms with Crippen LogP contribution in [0.15, 0.2) is 29.2 Å². The van der Waals surface area contributed by atoms with E-state index in [0.717, 1.165) is 12.0 Å². The van der Waals surface area contributed by atoms with E-state index >= 15 is 0 Å². The van der Waals surface area contributed by atoms with Crippen LogP contribution in [0.2, 0.25) is 0 Å². The molecule has 0 radical (unpaired) electrons. The summed E-state index contributed by atoms with van der Waals surface area (Å²) in [4.78, 5) is 11.0. The van der Waals surface area contributed by atoms with Gasteiger partial charge in [0.15, 0.2) is 0 Å². The van der Waals surface area contributed by atoms with Crippen molar-refractivity contribution < 1.29 is 13.2 Å². The maximum Gasteiger partial charge on any atom is 0.240 e. The van der Waals surface area contributed by atoms with Crippen LogP contribution in [0.25, 0.3) is 0 Å². The van der Waals surface area contributed by atoms with E-state index in [-0.39, 0.29) is 5.91 Å². The van der Waals surface area contributed by atoms with Crippen molar-refractivity contribution in [2.24, 2.45) is 0 Å². The van der Waals surface area contributed by atoms with Gasteiger partial charge >= 0.3 is 0 Å². The molecule has 0 saturated heterocycles. The molecule has 6 heteroatoms. The smallest absolute Gasteiger partial charge is 0.240 e. The van der Waals surface area contributed by atoms with E-state index in [1.54, 1.807) is 25.1 Å². The van der Waals surface area contributed by atoms with Gasteiger partial charge in [-0.1, -0.05) is 18.2 Å². The lowest BCUT2D eigenvalue weighted by Crippen LogP contribution is -2.27. The number of aryl methyl sites for hydroxylation is 1. The van der Waals surface area contributed by atoms with E-state index < -0.39 is 10.0 Å². The molecule has 0 unspecified atom stereocenters. The molecule has 0 aliphatic carbocycles. The average Bonchev–Trinajstić information content (AvgIpc) is 2.33. The summed E-state index contributed by atoms with van der Waals surface area (Å²) >= 11 is 0. The molecule has 1 amide bonds. The Labute approximate surface area is 114 Å². The van der Waals surface area contributed by atoms with Gasteiger partial charge in [-0.3, -0.25) is 4.79 Å². The lowest BCUT2D eigenvalue weighted by Gasteiger charge is -2.09. The number of hydrogen-bond acceptors (Lipinski definition) is 3. The summed E-state index contributed by atoms with van der Waals surface area (Å²) in [6.45, 7) is 4.17. The quantitative estimate of drug-likeness (QED) is 0.739. The minimum atomic E-state index is -3.43. The van der Waals surface area contributed by atoms with Crippen LogP contribution in [0.1, 0.15) is 25.3 Å². The average molecular weight is 284 g/mol. The summed E-state index contributed by atoms with van der Waals surface area (Å²) < 4.78 is 26.6. The molecule has 0 aromatic heterocycles. The topological polar surface area (TPSA) is 75.3 Å². The summed E-state index contributed by atoms with van der Waals surface area (Å²) in [7, 11) is -3.43. The number of sulfonamides is 1. The van der Waals surface area contributed by atoms with Gasteiger partial charge in [-0.2, -0.15) is 0 Å². The Balaban J connectivity index is 2.40. The number of unbranched alkanes of at least 4 members (excludes halogenated alkanes) is 1. The highest BCUT2D eigenvalue weighted by Crippen LogP contribution is 2.13. The molecule has 1 aromatic carbocycles. The Morgan fingerprint density at radius 2 is 1.79 bits per heavy atom. The van der Waals surface area contributed by atoms with Gasteiger partial charge in [-0.25, -0.2) is 13.1 Å². The zero-order valence-corrected chi connectivity index (χ0v) is 12.1. The van der Waals surface area contributed by atoms with Crippen molar-refractivity contribution in [1.29, 1.82) is 0 Å². The summed E-state index contributed by atoms with van der Waals surface area (Å²) in [6.07, 6.45) is 1.43. The number of amides is 1. The first kappa shape index (κ1) is 15.7. The third-order valence-electron chi connectivity index (χ3n) is 2.65. The molecule has 1 aromatic rings. The number of hydrogen-bond donors (Lipinski definition) is 2. The van der Waals surface area contributed by atoms with Crippen LogP contribution in [0.4, 0.5) is 0 Å². The van der Waals surface area contributed by atoms with Crippen molar-refractivity contribution in [2.75, 3.05) is 13.1 Å². The Hall–Kier alpha value is -1.40. The number of carbonyl (C=O) groups excluding carboxylic acids is 1. The summed E-state index contributed by atoms with van der Waals surface area (Å²) in [5.41, 5.74) is 0.730. The molecule has 5 nitrogen and oxygen atoms in total. The molecular formula is C13H20N2O3S. The van der Waals surface area contributed by atoms with Crippen molar-refractivity contribution in [3.63, 3.8) is 0 Å². The number of rotatable bonds is 7. The Bertz CT molecular complexity index is 526. The van der Waals surface area contributed by atoms with E-state index in [2.05, 4.69) is 10.0 Å². The van der Waals surface area contributed by atoms with Crippen LogP contribution in [0.3, 0.4) is 0 Å². The van der Waals surface area contributed by atoms with Crippen molar-refractivity contribution in [1.82, 2.24) is 10.0 Å². The predicted molar refractivity (Wildman–Crippen MR) is 74.3 cm³/mol. The fraction of sp³-hybridized carbons (Fsp3) is 0.462. The Morgan fingerprint density at radius 3 is 2.42 bits per heavy atom. The lowest BCUT2D eigenvalue weighted by molar-refractivity contribution is -0.118. The molecule has 2 N–H and O–H groups in total. The van der Waals surface area contributed by atoms with Crippen molar-refractivity contribution in [3.8, 4) is 0 Å². The second-order valence-electron chi connectivity index (χ2n) is 4.35. The standard InChI is InChI=1S/C13H20N2O3S/c1-11-7-3-4-8-13(11)19(17,18)15-10-6-5-9-14-12(2)16/h3-4,7-8,15H,5-6,9-10H2,1-2H3,(H,14,16). The maximum atomic E-state index is 12.0. The molecule has 1 rings (SSSR count). The lowest BCUT2D eigenvalue weighted by atomic mass is 10.2. The Kier molecular flexibility index (Phi) is 5.98. The van der Waals surface area contributed by atoms with Crippen LogP contribution in [-0.2, 0) is 14.8 Å². The SMILES string of the molecule is CC(=O)NCCCCNS(=O)(=O)c1ccccc1C. The molecule has 0 aliphatic rings. The van der Waals surface area contributed by atoms with Crippen molar-refractivity contribution in [3.05, 3.63) is 29.8 Å². The first-order chi connectivity index (χ1) is 8.93. The van der Waals surface area contributed by atoms with Gasteiger partial charge in [0, 0.05) is 20.0 Å². The van der Waals surface area contributed by atoms with Gasteiger partial charge in [-0.05, 0) is 31.4 Å². The fourth-order valence-electron chi connectivity index (χ4n) is 1.66. The highest BCUT2D eigenvalue weighted by molar-refractivity contribution is 7.89. The molecule has 0 spiro atoms. The number of carbonyl (C=O) groups is 1. The molecule has 0 bridgehead atoms. The van der Waals surface area contributed by atoms with E-state index in [1.165, 1.54) is 6.92 Å². The van der Waals surface area contributed by atoms with Crippen LogP contribution < -0.4 is 10.0 Å². The molecule has 0 fully saturated rings. The highest BCUT2D eigenvalue weighted by Gasteiger charge is 2.14. The second kappa shape index (κ2) is 7.25. The first-order valence-corrected chi connectivity index (χ1v) is 7.71.